The van der Waals surface area contributed by atoms with Crippen molar-refractivity contribution in [3.63, 3.8) is 0 Å². The third-order valence-corrected chi connectivity index (χ3v) is 5.28. The van der Waals surface area contributed by atoms with E-state index in [0.717, 1.165) is 0 Å². The fraction of sp³-hybridized carbons (Fsp3) is 0.160. The molecule has 34 heavy (non-hydrogen) atoms. The maximum absolute atomic E-state index is 13.2. The highest BCUT2D eigenvalue weighted by atomic mass is 16.6. The van der Waals surface area contributed by atoms with Gasteiger partial charge in [0.1, 0.15) is 11.3 Å². The number of aryl methyl sites for hydroxylation is 1. The lowest BCUT2D eigenvalue weighted by atomic mass is 9.89. The first kappa shape index (κ1) is 22.7. The molecule has 172 valence electrons. The molecular weight excluding hydrogens is 442 g/mol. The summed E-state index contributed by atoms with van der Waals surface area (Å²) >= 11 is 0. The van der Waals surface area contributed by atoms with Crippen LogP contribution in [-0.2, 0) is 9.53 Å². The van der Waals surface area contributed by atoms with Crippen molar-refractivity contribution in [3.05, 3.63) is 80.2 Å². The van der Waals surface area contributed by atoms with Gasteiger partial charge in [0.05, 0.1) is 22.5 Å². The van der Waals surface area contributed by atoms with Crippen molar-refractivity contribution in [2.75, 3.05) is 6.61 Å². The molecule has 9 heteroatoms. The Morgan fingerprint density at radius 3 is 2.38 bits per heavy atom. The molecular formula is C25H19NO8. The molecule has 0 radical (unpaired) electrons. The topological polar surface area (TPSA) is 126 Å². The Morgan fingerprint density at radius 2 is 1.76 bits per heavy atom. The number of non-ortho nitro benzene ring substituents is 1. The zero-order chi connectivity index (χ0) is 24.6. The normalized spacial score (nSPS) is 10.9. The molecule has 0 spiro atoms. The summed E-state index contributed by atoms with van der Waals surface area (Å²) in [5.41, 5.74) is 0.764. The molecule has 0 atom stereocenters. The van der Waals surface area contributed by atoms with Crippen molar-refractivity contribution in [3.8, 4) is 16.9 Å². The first-order valence-electron chi connectivity index (χ1n) is 10.4. The van der Waals surface area contributed by atoms with Crippen LogP contribution in [0.15, 0.2) is 57.7 Å². The van der Waals surface area contributed by atoms with Crippen molar-refractivity contribution in [1.29, 1.82) is 0 Å². The number of carbonyl (C=O) groups is 2. The van der Waals surface area contributed by atoms with Crippen molar-refractivity contribution < 1.29 is 28.4 Å². The van der Waals surface area contributed by atoms with E-state index in [1.807, 2.05) is 0 Å². The van der Waals surface area contributed by atoms with Gasteiger partial charge in [-0.2, -0.15) is 0 Å². The minimum Gasteiger partial charge on any atom is -0.462 e. The fourth-order valence-electron chi connectivity index (χ4n) is 3.94. The van der Waals surface area contributed by atoms with Gasteiger partial charge in [0.2, 0.25) is 0 Å². The molecule has 9 nitrogen and oxygen atoms in total. The molecule has 0 unspecified atom stereocenters. The molecule has 0 fully saturated rings. The molecule has 0 aliphatic heterocycles. The third-order valence-electron chi connectivity index (χ3n) is 5.28. The number of benzene rings is 3. The van der Waals surface area contributed by atoms with Crippen LogP contribution in [0.5, 0.6) is 5.75 Å². The quantitative estimate of drug-likeness (QED) is 0.102. The summed E-state index contributed by atoms with van der Waals surface area (Å²) in [5, 5.41) is 12.3. The molecule has 0 aliphatic carbocycles. The molecule has 0 aliphatic rings. The molecule has 1 aromatic heterocycles. The zero-order valence-electron chi connectivity index (χ0n) is 18.5. The standard InChI is InChI=1S/C25H19NO8/c1-4-32-24(28)21-13(2)11-19-18-10-9-17(33-14(3)27)12-20(18)34-25(29)23(19)22(21)15-5-7-16(8-6-15)26(30)31/h5-12H,4H2,1-3H3. The van der Waals surface area contributed by atoms with Gasteiger partial charge in [-0.1, -0.05) is 0 Å². The van der Waals surface area contributed by atoms with Gasteiger partial charge >= 0.3 is 17.6 Å². The zero-order valence-corrected chi connectivity index (χ0v) is 18.5. The summed E-state index contributed by atoms with van der Waals surface area (Å²) in [6.45, 7) is 4.77. The molecule has 0 saturated heterocycles. The summed E-state index contributed by atoms with van der Waals surface area (Å²) in [6, 6.07) is 11.9. The maximum Gasteiger partial charge on any atom is 0.344 e. The van der Waals surface area contributed by atoms with Crippen LogP contribution < -0.4 is 10.4 Å². The van der Waals surface area contributed by atoms with E-state index in [2.05, 4.69) is 0 Å². The highest BCUT2D eigenvalue weighted by Crippen LogP contribution is 2.37. The number of nitrogens with zero attached hydrogens (tertiary/aromatic N) is 1. The molecule has 4 rings (SSSR count). The Morgan fingerprint density at radius 1 is 1.06 bits per heavy atom. The van der Waals surface area contributed by atoms with Crippen LogP contribution >= 0.6 is 0 Å². The second kappa shape index (κ2) is 8.78. The number of hydrogen-bond acceptors (Lipinski definition) is 8. The number of hydrogen-bond donors (Lipinski definition) is 0. The minimum atomic E-state index is -0.721. The summed E-state index contributed by atoms with van der Waals surface area (Å²) in [4.78, 5) is 48.0. The Hall–Kier alpha value is -4.53. The van der Waals surface area contributed by atoms with Gasteiger partial charge in [-0.15, -0.1) is 0 Å². The van der Waals surface area contributed by atoms with E-state index >= 15 is 0 Å². The number of fused-ring (bicyclic) bond motifs is 3. The average molecular weight is 461 g/mol. The van der Waals surface area contributed by atoms with Gasteiger partial charge in [-0.05, 0) is 55.3 Å². The lowest BCUT2D eigenvalue weighted by Gasteiger charge is -2.16. The average Bonchev–Trinajstić information content (AvgIpc) is 2.78. The van der Waals surface area contributed by atoms with Gasteiger partial charge in [0.15, 0.2) is 0 Å². The molecule has 0 bridgehead atoms. The van der Waals surface area contributed by atoms with Gasteiger partial charge in [0.25, 0.3) is 5.69 Å². The van der Waals surface area contributed by atoms with E-state index in [1.54, 1.807) is 32.0 Å². The SMILES string of the molecule is CCOC(=O)c1c(C)cc2c(c1-c1ccc([N+](=O)[O-])cc1)c(=O)oc1cc(OC(C)=O)ccc12. The van der Waals surface area contributed by atoms with E-state index < -0.39 is 22.5 Å². The largest absolute Gasteiger partial charge is 0.462 e. The molecule has 0 saturated carbocycles. The number of esters is 2. The number of nitro groups is 1. The molecule has 0 amide bonds. The summed E-state index contributed by atoms with van der Waals surface area (Å²) < 4.78 is 15.9. The Bertz CT molecular complexity index is 1530. The molecule has 0 N–H and O–H groups in total. The maximum atomic E-state index is 13.2. The van der Waals surface area contributed by atoms with Crippen LogP contribution in [0.25, 0.3) is 32.9 Å². The van der Waals surface area contributed by atoms with E-state index in [0.29, 0.717) is 21.9 Å². The van der Waals surface area contributed by atoms with Crippen molar-refractivity contribution in [1.82, 2.24) is 0 Å². The first-order valence-corrected chi connectivity index (χ1v) is 10.4. The van der Waals surface area contributed by atoms with Crippen LogP contribution in [0.4, 0.5) is 5.69 Å². The Labute approximate surface area is 192 Å². The smallest absolute Gasteiger partial charge is 0.344 e. The fourth-order valence-corrected chi connectivity index (χ4v) is 3.94. The summed E-state index contributed by atoms with van der Waals surface area (Å²) in [5.74, 6) is -0.921. The van der Waals surface area contributed by atoms with Gasteiger partial charge in [-0.3, -0.25) is 14.9 Å². The van der Waals surface area contributed by atoms with E-state index in [4.69, 9.17) is 13.9 Å². The Kier molecular flexibility index (Phi) is 5.85. The van der Waals surface area contributed by atoms with Gasteiger partial charge in [0, 0.05) is 41.5 Å². The predicted molar refractivity (Wildman–Crippen MR) is 124 cm³/mol. The van der Waals surface area contributed by atoms with E-state index in [1.165, 1.54) is 37.3 Å². The second-order valence-corrected chi connectivity index (χ2v) is 7.53. The second-order valence-electron chi connectivity index (χ2n) is 7.53. The van der Waals surface area contributed by atoms with Crippen molar-refractivity contribution >= 4 is 39.4 Å². The minimum absolute atomic E-state index is 0.126. The van der Waals surface area contributed by atoms with E-state index in [9.17, 15) is 24.5 Å². The molecule has 4 aromatic rings. The van der Waals surface area contributed by atoms with Gasteiger partial charge < -0.3 is 13.9 Å². The van der Waals surface area contributed by atoms with Crippen molar-refractivity contribution in [2.24, 2.45) is 0 Å². The lowest BCUT2D eigenvalue weighted by Crippen LogP contribution is -2.12. The number of ether oxygens (including phenoxy) is 2. The first-order chi connectivity index (χ1) is 16.2. The van der Waals surface area contributed by atoms with E-state index in [-0.39, 0.29) is 40.1 Å². The molecule has 3 aromatic carbocycles. The number of carbonyl (C=O) groups excluding carboxylic acids is 2. The van der Waals surface area contributed by atoms with Crippen LogP contribution in [0.2, 0.25) is 0 Å². The lowest BCUT2D eigenvalue weighted by molar-refractivity contribution is -0.384. The molecule has 1 heterocycles. The third kappa shape index (κ3) is 3.99. The highest BCUT2D eigenvalue weighted by Gasteiger charge is 2.24. The summed E-state index contributed by atoms with van der Waals surface area (Å²) in [6.07, 6.45) is 0. The Balaban J connectivity index is 2.10. The predicted octanol–water partition coefficient (Wildman–Crippen LogP) is 4.93. The van der Waals surface area contributed by atoms with Crippen LogP contribution in [-0.4, -0.2) is 23.5 Å². The number of nitro benzene ring substituents is 1. The number of rotatable bonds is 5. The van der Waals surface area contributed by atoms with Crippen molar-refractivity contribution in [2.45, 2.75) is 20.8 Å². The van der Waals surface area contributed by atoms with Crippen LogP contribution in [0, 0.1) is 17.0 Å². The highest BCUT2D eigenvalue weighted by molar-refractivity contribution is 6.15. The van der Waals surface area contributed by atoms with Crippen LogP contribution in [0.3, 0.4) is 0 Å². The summed E-state index contributed by atoms with van der Waals surface area (Å²) in [7, 11) is 0. The van der Waals surface area contributed by atoms with Gasteiger partial charge in [-0.25, -0.2) is 9.59 Å². The van der Waals surface area contributed by atoms with Crippen LogP contribution in [0.1, 0.15) is 29.8 Å². The monoisotopic (exact) mass is 461 g/mol.